The van der Waals surface area contributed by atoms with Gasteiger partial charge in [0.1, 0.15) is 17.3 Å². The maximum atomic E-state index is 12.5. The van der Waals surface area contributed by atoms with Crippen LogP contribution in [0.3, 0.4) is 0 Å². The third-order valence-electron chi connectivity index (χ3n) is 5.83. The molecular weight excluding hydrogens is 410 g/mol. The average molecular weight is 438 g/mol. The molecule has 2 amide bonds. The first-order valence-electron chi connectivity index (χ1n) is 10.7. The van der Waals surface area contributed by atoms with Crippen molar-refractivity contribution in [3.05, 3.63) is 65.5 Å². The quantitative estimate of drug-likeness (QED) is 0.570. The van der Waals surface area contributed by atoms with E-state index in [1.165, 1.54) is 12.3 Å². The van der Waals surface area contributed by atoms with Crippen LogP contribution in [0.5, 0.6) is 0 Å². The number of carbonyl (C=O) groups excluding carboxylic acids is 2. The van der Waals surface area contributed by atoms with E-state index >= 15 is 0 Å². The fraction of sp³-hybridized carbons (Fsp3) is 0.391. The lowest BCUT2D eigenvalue weighted by Crippen LogP contribution is -2.43. The van der Waals surface area contributed by atoms with Gasteiger partial charge in [-0.3, -0.25) is 9.59 Å². The summed E-state index contributed by atoms with van der Waals surface area (Å²) in [6, 6.07) is 3.49. The maximum absolute atomic E-state index is 12.5. The first kappa shape index (κ1) is 21.6. The zero-order chi connectivity index (χ0) is 22.5. The molecule has 32 heavy (non-hydrogen) atoms. The molecule has 0 aliphatic carbocycles. The average Bonchev–Trinajstić information content (AvgIpc) is 3.55. The zero-order valence-electron chi connectivity index (χ0n) is 18.3. The van der Waals surface area contributed by atoms with Crippen LogP contribution < -0.4 is 5.32 Å². The SMILES string of the molecule is Cc1noc(C)c1Cn1ccnc1C1CCN(C(=O)CNC(=O)C=Cc2ccco2)CC1. The summed E-state index contributed by atoms with van der Waals surface area (Å²) in [7, 11) is 0. The van der Waals surface area contributed by atoms with Gasteiger partial charge >= 0.3 is 0 Å². The summed E-state index contributed by atoms with van der Waals surface area (Å²) in [5, 5.41) is 6.67. The molecule has 3 aromatic heterocycles. The number of nitrogens with one attached hydrogen (secondary N) is 1. The van der Waals surface area contributed by atoms with E-state index in [1.54, 1.807) is 23.1 Å². The summed E-state index contributed by atoms with van der Waals surface area (Å²) in [5.41, 5.74) is 1.97. The minimum atomic E-state index is -0.328. The molecule has 1 aliphatic heterocycles. The topological polar surface area (TPSA) is 106 Å². The highest BCUT2D eigenvalue weighted by Gasteiger charge is 2.27. The number of aryl methyl sites for hydroxylation is 2. The zero-order valence-corrected chi connectivity index (χ0v) is 18.3. The number of likely N-dealkylation sites (tertiary alicyclic amines) is 1. The molecule has 1 N–H and O–H groups in total. The van der Waals surface area contributed by atoms with Crippen LogP contribution in [0.2, 0.25) is 0 Å². The van der Waals surface area contributed by atoms with E-state index in [0.717, 1.165) is 35.7 Å². The van der Waals surface area contributed by atoms with E-state index in [-0.39, 0.29) is 24.3 Å². The number of furan rings is 1. The summed E-state index contributed by atoms with van der Waals surface area (Å²) in [6.45, 7) is 5.79. The molecule has 4 heterocycles. The number of amides is 2. The number of hydrogen-bond donors (Lipinski definition) is 1. The maximum Gasteiger partial charge on any atom is 0.244 e. The predicted molar refractivity (Wildman–Crippen MR) is 117 cm³/mol. The molecule has 3 aromatic rings. The van der Waals surface area contributed by atoms with Crippen molar-refractivity contribution in [2.75, 3.05) is 19.6 Å². The predicted octanol–water partition coefficient (Wildman–Crippen LogP) is 2.66. The number of imidazole rings is 1. The van der Waals surface area contributed by atoms with Crippen LogP contribution in [-0.2, 0) is 16.1 Å². The van der Waals surface area contributed by atoms with E-state index in [4.69, 9.17) is 8.94 Å². The van der Waals surface area contributed by atoms with Crippen molar-refractivity contribution in [2.45, 2.75) is 39.2 Å². The fourth-order valence-electron chi connectivity index (χ4n) is 3.98. The van der Waals surface area contributed by atoms with Crippen molar-refractivity contribution in [3.8, 4) is 0 Å². The van der Waals surface area contributed by atoms with Gasteiger partial charge in [-0.2, -0.15) is 0 Å². The first-order valence-corrected chi connectivity index (χ1v) is 10.7. The molecule has 9 nitrogen and oxygen atoms in total. The van der Waals surface area contributed by atoms with Gasteiger partial charge in [-0.25, -0.2) is 4.98 Å². The number of rotatable bonds is 7. The molecule has 1 saturated heterocycles. The summed E-state index contributed by atoms with van der Waals surface area (Å²) in [4.78, 5) is 30.8. The molecule has 0 radical (unpaired) electrons. The van der Waals surface area contributed by atoms with Crippen molar-refractivity contribution in [1.29, 1.82) is 0 Å². The number of aromatic nitrogens is 3. The highest BCUT2D eigenvalue weighted by Crippen LogP contribution is 2.28. The van der Waals surface area contributed by atoms with Crippen LogP contribution in [0.1, 0.15) is 47.4 Å². The Morgan fingerprint density at radius 1 is 1.28 bits per heavy atom. The van der Waals surface area contributed by atoms with E-state index in [1.807, 2.05) is 26.2 Å². The Bertz CT molecular complexity index is 1070. The van der Waals surface area contributed by atoms with Crippen LogP contribution in [-0.4, -0.2) is 51.1 Å². The Labute approximate surface area is 186 Å². The first-order chi connectivity index (χ1) is 15.5. The Morgan fingerprint density at radius 3 is 2.78 bits per heavy atom. The van der Waals surface area contributed by atoms with Gasteiger partial charge in [0.2, 0.25) is 11.8 Å². The molecule has 0 saturated carbocycles. The van der Waals surface area contributed by atoms with Crippen LogP contribution in [0, 0.1) is 13.8 Å². The summed E-state index contributed by atoms with van der Waals surface area (Å²) in [5.74, 6) is 2.30. The van der Waals surface area contributed by atoms with E-state index in [2.05, 4.69) is 20.0 Å². The van der Waals surface area contributed by atoms with Crippen LogP contribution in [0.25, 0.3) is 6.08 Å². The number of nitrogens with zero attached hydrogens (tertiary/aromatic N) is 4. The van der Waals surface area contributed by atoms with Gasteiger partial charge in [0.25, 0.3) is 0 Å². The number of carbonyl (C=O) groups is 2. The molecule has 1 fully saturated rings. The summed E-state index contributed by atoms with van der Waals surface area (Å²) < 4.78 is 12.6. The lowest BCUT2D eigenvalue weighted by Gasteiger charge is -2.32. The van der Waals surface area contributed by atoms with Gasteiger partial charge in [-0.15, -0.1) is 0 Å². The molecule has 1 aliphatic rings. The minimum Gasteiger partial charge on any atom is -0.465 e. The molecule has 168 valence electrons. The van der Waals surface area contributed by atoms with Crippen LogP contribution >= 0.6 is 0 Å². The molecule has 0 bridgehead atoms. The molecule has 9 heteroatoms. The van der Waals surface area contributed by atoms with E-state index in [9.17, 15) is 9.59 Å². The van der Waals surface area contributed by atoms with Crippen molar-refractivity contribution < 1.29 is 18.5 Å². The second-order valence-corrected chi connectivity index (χ2v) is 7.94. The lowest BCUT2D eigenvalue weighted by atomic mass is 9.95. The largest absolute Gasteiger partial charge is 0.465 e. The van der Waals surface area contributed by atoms with Crippen LogP contribution in [0.15, 0.2) is 45.8 Å². The number of hydrogen-bond acceptors (Lipinski definition) is 6. The van der Waals surface area contributed by atoms with Gasteiger partial charge in [-0.1, -0.05) is 5.16 Å². The molecular formula is C23H27N5O4. The molecule has 0 aromatic carbocycles. The second-order valence-electron chi connectivity index (χ2n) is 7.94. The molecule has 0 atom stereocenters. The second kappa shape index (κ2) is 9.67. The smallest absolute Gasteiger partial charge is 0.244 e. The normalized spacial score (nSPS) is 14.9. The molecule has 0 unspecified atom stereocenters. The minimum absolute atomic E-state index is 0.0212. The van der Waals surface area contributed by atoms with Crippen LogP contribution in [0.4, 0.5) is 0 Å². The Hall–Kier alpha value is -3.62. The third kappa shape index (κ3) is 4.99. The fourth-order valence-corrected chi connectivity index (χ4v) is 3.98. The highest BCUT2D eigenvalue weighted by atomic mass is 16.5. The van der Waals surface area contributed by atoms with Gasteiger partial charge in [-0.05, 0) is 44.9 Å². The van der Waals surface area contributed by atoms with Gasteiger partial charge in [0.15, 0.2) is 0 Å². The van der Waals surface area contributed by atoms with Crippen molar-refractivity contribution in [3.63, 3.8) is 0 Å². The van der Waals surface area contributed by atoms with E-state index < -0.39 is 0 Å². The monoisotopic (exact) mass is 437 g/mol. The van der Waals surface area contributed by atoms with Gasteiger partial charge in [0.05, 0.1) is 25.0 Å². The van der Waals surface area contributed by atoms with Gasteiger partial charge < -0.3 is 23.7 Å². The molecule has 0 spiro atoms. The van der Waals surface area contributed by atoms with Crippen molar-refractivity contribution in [2.24, 2.45) is 0 Å². The Morgan fingerprint density at radius 2 is 2.09 bits per heavy atom. The van der Waals surface area contributed by atoms with Crippen molar-refractivity contribution >= 4 is 17.9 Å². The Balaban J connectivity index is 1.27. The lowest BCUT2D eigenvalue weighted by molar-refractivity contribution is -0.133. The standard InChI is InChI=1S/C23H27N5O4/c1-16-20(17(2)32-26-16)15-28-12-9-24-23(28)18-7-10-27(11-8-18)22(30)14-25-21(29)6-5-19-4-3-13-31-19/h3-6,9,12-13,18H,7-8,10-11,14-15H2,1-2H3,(H,25,29). The number of piperidine rings is 1. The summed E-state index contributed by atoms with van der Waals surface area (Å²) >= 11 is 0. The summed E-state index contributed by atoms with van der Waals surface area (Å²) in [6.07, 6.45) is 9.91. The third-order valence-corrected chi connectivity index (χ3v) is 5.83. The Kier molecular flexibility index (Phi) is 6.53. The van der Waals surface area contributed by atoms with Gasteiger partial charge in [0, 0.05) is 43.0 Å². The van der Waals surface area contributed by atoms with E-state index in [0.29, 0.717) is 25.4 Å². The highest BCUT2D eigenvalue weighted by molar-refractivity contribution is 5.94. The molecule has 4 rings (SSSR count). The van der Waals surface area contributed by atoms with Crippen molar-refractivity contribution in [1.82, 2.24) is 24.9 Å².